The van der Waals surface area contributed by atoms with Crippen molar-refractivity contribution >= 4 is 0 Å². The molecule has 0 unspecified atom stereocenters. The third-order valence-corrected chi connectivity index (χ3v) is 11.7. The first kappa shape index (κ1) is 65.3. The van der Waals surface area contributed by atoms with Gasteiger partial charge in [-0.15, -0.1) is 0 Å². The molecule has 59 heavy (non-hydrogen) atoms. The summed E-state index contributed by atoms with van der Waals surface area (Å²) >= 11 is 0. The average Bonchev–Trinajstić information content (AvgIpc) is 3.25. The number of hydrogen-bond acceptors (Lipinski definition) is 1. The number of rotatable bonds is 46. The summed E-state index contributed by atoms with van der Waals surface area (Å²) in [5.41, 5.74) is 0. The van der Waals surface area contributed by atoms with Gasteiger partial charge in [-0.05, 0) is 32.1 Å². The maximum Gasteiger partial charge on any atom is 0.0431 e. The van der Waals surface area contributed by atoms with E-state index >= 15 is 0 Å². The molecule has 0 aromatic rings. The lowest BCUT2D eigenvalue weighted by Gasteiger charge is -2.02. The molecule has 0 aromatic carbocycles. The summed E-state index contributed by atoms with van der Waals surface area (Å²) in [7, 11) is 0. The Morgan fingerprint density at radius 3 is 0.593 bits per heavy atom. The van der Waals surface area contributed by atoms with Gasteiger partial charge in [-0.3, -0.25) is 0 Å². The van der Waals surface area contributed by atoms with Crippen LogP contribution in [-0.4, -0.2) is 11.7 Å². The van der Waals surface area contributed by atoms with Gasteiger partial charge >= 0.3 is 0 Å². The SMILES string of the molecule is CCCCCCCCCCO.[CH2]CCCCCCC/C=C\CCCCCCCC.[CH2]CCCCCCCCCCCCC.[CH2]CCCCCCCCCCCCCCC. The van der Waals surface area contributed by atoms with Crippen LogP contribution in [0.4, 0.5) is 0 Å². The summed E-state index contributed by atoms with van der Waals surface area (Å²) in [5, 5.41) is 8.51. The number of allylic oxidation sites excluding steroid dienone is 2. The van der Waals surface area contributed by atoms with Gasteiger partial charge in [0, 0.05) is 6.61 Å². The van der Waals surface area contributed by atoms with Crippen LogP contribution in [0, 0.1) is 20.8 Å². The predicted octanol–water partition coefficient (Wildman–Crippen LogP) is 21.8. The molecule has 0 aliphatic heterocycles. The molecule has 0 aliphatic rings. The molecule has 0 bridgehead atoms. The second-order valence-corrected chi connectivity index (χ2v) is 18.1. The highest BCUT2D eigenvalue weighted by molar-refractivity contribution is 4.81. The first-order chi connectivity index (χ1) is 29.2. The number of hydrogen-bond donors (Lipinski definition) is 1. The molecule has 0 saturated heterocycles. The third-order valence-electron chi connectivity index (χ3n) is 11.7. The fraction of sp³-hybridized carbons (Fsp3) is 0.914. The smallest absolute Gasteiger partial charge is 0.0431 e. The fourth-order valence-corrected chi connectivity index (χ4v) is 7.53. The molecule has 1 N–H and O–H groups in total. The van der Waals surface area contributed by atoms with E-state index in [1.165, 1.54) is 283 Å². The van der Waals surface area contributed by atoms with Crippen molar-refractivity contribution in [1.29, 1.82) is 0 Å². The van der Waals surface area contributed by atoms with Gasteiger partial charge in [0.1, 0.15) is 0 Å². The van der Waals surface area contributed by atoms with Crippen molar-refractivity contribution in [2.24, 2.45) is 0 Å². The lowest BCUT2D eigenvalue weighted by atomic mass is 10.0. The lowest BCUT2D eigenvalue weighted by molar-refractivity contribution is 0.282. The van der Waals surface area contributed by atoms with Crippen LogP contribution in [0.3, 0.4) is 0 Å². The molecule has 0 aromatic heterocycles. The molecule has 0 fully saturated rings. The van der Waals surface area contributed by atoms with Crippen LogP contribution in [0.25, 0.3) is 0 Å². The second kappa shape index (κ2) is 72.2. The van der Waals surface area contributed by atoms with Crippen molar-refractivity contribution in [1.82, 2.24) is 0 Å². The predicted molar refractivity (Wildman–Crippen MR) is 277 cm³/mol. The Kier molecular flexibility index (Phi) is 79.9. The van der Waals surface area contributed by atoms with Crippen LogP contribution in [0.1, 0.15) is 336 Å². The van der Waals surface area contributed by atoms with Crippen molar-refractivity contribution in [2.45, 2.75) is 336 Å². The molecule has 1 nitrogen and oxygen atoms in total. The van der Waals surface area contributed by atoms with E-state index in [4.69, 9.17) is 5.11 Å². The first-order valence-corrected chi connectivity index (χ1v) is 27.8. The van der Waals surface area contributed by atoms with Crippen molar-refractivity contribution < 1.29 is 5.11 Å². The first-order valence-electron chi connectivity index (χ1n) is 27.8. The van der Waals surface area contributed by atoms with Crippen molar-refractivity contribution in [3.05, 3.63) is 32.9 Å². The van der Waals surface area contributed by atoms with Gasteiger partial charge in [0.05, 0.1) is 0 Å². The Hall–Kier alpha value is -0.300. The molecule has 0 aliphatic carbocycles. The molecular formula is C58H119O. The summed E-state index contributed by atoms with van der Waals surface area (Å²) in [4.78, 5) is 0. The molecule has 0 saturated carbocycles. The molecule has 1 heteroatoms. The van der Waals surface area contributed by atoms with E-state index in [1.54, 1.807) is 0 Å². The van der Waals surface area contributed by atoms with E-state index in [9.17, 15) is 0 Å². The van der Waals surface area contributed by atoms with E-state index in [1.807, 2.05) is 0 Å². The highest BCUT2D eigenvalue weighted by Crippen LogP contribution is 2.14. The van der Waals surface area contributed by atoms with Gasteiger partial charge in [0.2, 0.25) is 0 Å². The summed E-state index contributed by atoms with van der Waals surface area (Å²) < 4.78 is 0. The van der Waals surface area contributed by atoms with Crippen LogP contribution in [-0.2, 0) is 0 Å². The molecule has 0 spiro atoms. The van der Waals surface area contributed by atoms with E-state index in [2.05, 4.69) is 60.6 Å². The van der Waals surface area contributed by atoms with Crippen LogP contribution in [0.15, 0.2) is 12.2 Å². The van der Waals surface area contributed by atoms with Gasteiger partial charge in [0.15, 0.2) is 0 Å². The summed E-state index contributed by atoms with van der Waals surface area (Å²) in [6.45, 7) is 21.1. The number of unbranched alkanes of at least 4 members (excludes halogenated alkanes) is 43. The number of aliphatic hydroxyl groups is 1. The van der Waals surface area contributed by atoms with Crippen molar-refractivity contribution in [2.75, 3.05) is 6.61 Å². The summed E-state index contributed by atoms with van der Waals surface area (Å²) in [5.74, 6) is 0. The minimum atomic E-state index is 0.370. The monoisotopic (exact) mass is 832 g/mol. The van der Waals surface area contributed by atoms with Gasteiger partial charge < -0.3 is 5.11 Å². The molecule has 0 atom stereocenters. The van der Waals surface area contributed by atoms with E-state index < -0.39 is 0 Å². The maximum absolute atomic E-state index is 8.51. The Balaban J connectivity index is -0.000000347. The zero-order valence-electron chi connectivity index (χ0n) is 42.4. The van der Waals surface area contributed by atoms with E-state index in [0.717, 1.165) is 25.7 Å². The van der Waals surface area contributed by atoms with Crippen LogP contribution >= 0.6 is 0 Å². The van der Waals surface area contributed by atoms with Crippen molar-refractivity contribution in [3.8, 4) is 0 Å². The minimum Gasteiger partial charge on any atom is -0.396 e. The summed E-state index contributed by atoms with van der Waals surface area (Å²) in [6, 6.07) is 0. The molecule has 3 radical (unpaired) electrons. The molecule has 0 rings (SSSR count). The fourth-order valence-electron chi connectivity index (χ4n) is 7.53. The Labute approximate surface area is 379 Å². The van der Waals surface area contributed by atoms with E-state index in [-0.39, 0.29) is 0 Å². The minimum absolute atomic E-state index is 0.370. The topological polar surface area (TPSA) is 20.2 Å². The Morgan fingerprint density at radius 2 is 0.407 bits per heavy atom. The van der Waals surface area contributed by atoms with Gasteiger partial charge in [-0.1, -0.05) is 337 Å². The van der Waals surface area contributed by atoms with Crippen molar-refractivity contribution in [3.63, 3.8) is 0 Å². The van der Waals surface area contributed by atoms with Crippen LogP contribution in [0.5, 0.6) is 0 Å². The summed E-state index contributed by atoms with van der Waals surface area (Å²) in [6.07, 6.45) is 70.9. The second-order valence-electron chi connectivity index (χ2n) is 18.1. The van der Waals surface area contributed by atoms with Gasteiger partial charge in [-0.2, -0.15) is 0 Å². The number of aliphatic hydroxyl groups excluding tert-OH is 1. The Bertz CT molecular complexity index is 573. The normalized spacial score (nSPS) is 10.9. The lowest BCUT2D eigenvalue weighted by Crippen LogP contribution is -1.83. The standard InChI is InChI=1S/C18H35.C16H33.C14H29.C10H22O/c1-3-5-7-9-11-13-15-17-18-16-14-12-10-8-6-4-2;1-3-5-7-9-11-13-15-16-14-12-10-8-6-4-2;1-3-5-7-9-11-13-14-12-10-8-6-4-2;1-2-3-4-5-6-7-8-9-10-11/h17-18H,1,3-16H2,2H3;1,3-16H2,2H3;1,3-14H2,2H3;11H,2-10H2,1H3/b18-17-;;;. The molecule has 0 heterocycles. The van der Waals surface area contributed by atoms with Gasteiger partial charge in [-0.25, -0.2) is 0 Å². The third kappa shape index (κ3) is 82.1. The highest BCUT2D eigenvalue weighted by Gasteiger charge is 1.95. The van der Waals surface area contributed by atoms with E-state index in [0.29, 0.717) is 6.61 Å². The quantitative estimate of drug-likeness (QED) is 0.0479. The van der Waals surface area contributed by atoms with Crippen LogP contribution in [0.2, 0.25) is 0 Å². The van der Waals surface area contributed by atoms with Gasteiger partial charge in [0.25, 0.3) is 0 Å². The molecular weight excluding hydrogens is 713 g/mol. The maximum atomic E-state index is 8.51. The Morgan fingerprint density at radius 1 is 0.237 bits per heavy atom. The zero-order chi connectivity index (χ0) is 44.1. The molecule has 357 valence electrons. The van der Waals surface area contributed by atoms with Crippen LogP contribution < -0.4 is 0 Å². The average molecular weight is 833 g/mol. The largest absolute Gasteiger partial charge is 0.396 e. The molecule has 0 amide bonds. The zero-order valence-corrected chi connectivity index (χ0v) is 42.4. The highest BCUT2D eigenvalue weighted by atomic mass is 16.2.